The van der Waals surface area contributed by atoms with Crippen LogP contribution in [0.4, 0.5) is 10.1 Å². The molecular formula is C16H17ClFN. The van der Waals surface area contributed by atoms with Crippen LogP contribution in [0, 0.1) is 5.82 Å². The van der Waals surface area contributed by atoms with Crippen LogP contribution in [0.5, 0.6) is 0 Å². The first-order valence-electron chi connectivity index (χ1n) is 6.38. The van der Waals surface area contributed by atoms with Gasteiger partial charge < -0.3 is 4.90 Å². The van der Waals surface area contributed by atoms with E-state index in [9.17, 15) is 4.39 Å². The summed E-state index contributed by atoms with van der Waals surface area (Å²) >= 11 is 5.91. The van der Waals surface area contributed by atoms with Crippen LogP contribution < -0.4 is 4.90 Å². The fourth-order valence-electron chi connectivity index (χ4n) is 2.17. The molecule has 0 spiro atoms. The van der Waals surface area contributed by atoms with Gasteiger partial charge in [0.1, 0.15) is 5.82 Å². The summed E-state index contributed by atoms with van der Waals surface area (Å²) in [5.41, 5.74) is 2.61. The molecule has 2 aromatic rings. The van der Waals surface area contributed by atoms with Gasteiger partial charge >= 0.3 is 0 Å². The maximum absolute atomic E-state index is 14.1. The topological polar surface area (TPSA) is 3.24 Å². The average Bonchev–Trinajstić information content (AvgIpc) is 2.46. The normalized spacial score (nSPS) is 10.5. The quantitative estimate of drug-likeness (QED) is 0.723. The van der Waals surface area contributed by atoms with Crippen molar-refractivity contribution >= 4 is 17.3 Å². The van der Waals surface area contributed by atoms with Crippen molar-refractivity contribution in [3.8, 4) is 0 Å². The second-order valence-corrected chi connectivity index (χ2v) is 4.65. The number of para-hydroxylation sites is 1. The van der Waals surface area contributed by atoms with Crippen molar-refractivity contribution in [2.24, 2.45) is 0 Å². The van der Waals surface area contributed by atoms with Crippen molar-refractivity contribution in [1.82, 2.24) is 0 Å². The highest BCUT2D eigenvalue weighted by atomic mass is 35.5. The Balaban J connectivity index is 2.32. The van der Waals surface area contributed by atoms with Gasteiger partial charge in [0.15, 0.2) is 0 Å². The van der Waals surface area contributed by atoms with E-state index in [1.807, 2.05) is 48.2 Å². The molecule has 0 unspecified atom stereocenters. The Morgan fingerprint density at radius 1 is 1.05 bits per heavy atom. The summed E-state index contributed by atoms with van der Waals surface area (Å²) in [6, 6.07) is 15.1. The number of halogens is 2. The molecule has 2 aromatic carbocycles. The van der Waals surface area contributed by atoms with E-state index in [1.54, 1.807) is 6.07 Å². The molecule has 0 saturated heterocycles. The van der Waals surface area contributed by atoms with E-state index in [1.165, 1.54) is 6.07 Å². The molecule has 0 aliphatic rings. The van der Waals surface area contributed by atoms with Gasteiger partial charge in [0, 0.05) is 19.0 Å². The third-order valence-electron chi connectivity index (χ3n) is 3.13. The fraction of sp³-hybridized carbons (Fsp3) is 0.250. The van der Waals surface area contributed by atoms with E-state index in [-0.39, 0.29) is 5.82 Å². The molecule has 0 atom stereocenters. The number of nitrogens with zero attached hydrogens (tertiary/aromatic N) is 1. The van der Waals surface area contributed by atoms with Crippen molar-refractivity contribution < 1.29 is 4.39 Å². The van der Waals surface area contributed by atoms with Crippen LogP contribution >= 0.6 is 11.6 Å². The van der Waals surface area contributed by atoms with Gasteiger partial charge in [0.25, 0.3) is 0 Å². The molecule has 0 amide bonds. The minimum Gasteiger partial charge on any atom is -0.365 e. The summed E-state index contributed by atoms with van der Waals surface area (Å²) in [4.78, 5) is 2.02. The first-order valence-corrected chi connectivity index (χ1v) is 6.92. The molecule has 0 N–H and O–H groups in total. The molecule has 0 bridgehead atoms. The van der Waals surface area contributed by atoms with Gasteiger partial charge in [-0.3, -0.25) is 0 Å². The summed E-state index contributed by atoms with van der Waals surface area (Å²) < 4.78 is 14.1. The lowest BCUT2D eigenvalue weighted by Crippen LogP contribution is -2.24. The molecule has 0 aliphatic carbocycles. The Morgan fingerprint density at radius 3 is 2.42 bits per heavy atom. The summed E-state index contributed by atoms with van der Waals surface area (Å²) in [5.74, 6) is 0.106. The molecule has 19 heavy (non-hydrogen) atoms. The summed E-state index contributed by atoms with van der Waals surface area (Å²) in [7, 11) is 0. The molecule has 0 aromatic heterocycles. The second kappa shape index (κ2) is 6.58. The van der Waals surface area contributed by atoms with E-state index < -0.39 is 0 Å². The highest BCUT2D eigenvalue weighted by molar-refractivity contribution is 6.17. The number of hydrogen-bond donors (Lipinski definition) is 0. The van der Waals surface area contributed by atoms with Crippen LogP contribution in [-0.4, -0.2) is 6.54 Å². The smallest absolute Gasteiger partial charge is 0.146 e. The Morgan fingerprint density at radius 2 is 1.79 bits per heavy atom. The molecule has 0 heterocycles. The summed E-state index contributed by atoms with van der Waals surface area (Å²) in [6.45, 7) is 3.44. The maximum atomic E-state index is 14.1. The molecule has 3 heteroatoms. The number of alkyl halides is 1. The van der Waals surface area contributed by atoms with Crippen molar-refractivity contribution in [3.05, 3.63) is 65.5 Å². The predicted molar refractivity (Wildman–Crippen MR) is 79.1 cm³/mol. The monoisotopic (exact) mass is 277 g/mol. The number of benzene rings is 2. The Hall–Kier alpha value is -1.54. The molecule has 0 fully saturated rings. The van der Waals surface area contributed by atoms with Crippen molar-refractivity contribution in [2.75, 3.05) is 11.4 Å². The largest absolute Gasteiger partial charge is 0.365 e. The predicted octanol–water partition coefficient (Wildman–Crippen LogP) is 4.59. The van der Waals surface area contributed by atoms with Gasteiger partial charge in [-0.15, -0.1) is 11.6 Å². The zero-order valence-electron chi connectivity index (χ0n) is 10.9. The van der Waals surface area contributed by atoms with Crippen LogP contribution in [0.2, 0.25) is 0 Å². The van der Waals surface area contributed by atoms with E-state index in [2.05, 4.69) is 0 Å². The van der Waals surface area contributed by atoms with Crippen molar-refractivity contribution in [3.63, 3.8) is 0 Å². The van der Waals surface area contributed by atoms with Crippen molar-refractivity contribution in [1.29, 1.82) is 0 Å². The lowest BCUT2D eigenvalue weighted by Gasteiger charge is -2.26. The van der Waals surface area contributed by atoms with Crippen molar-refractivity contribution in [2.45, 2.75) is 19.3 Å². The lowest BCUT2D eigenvalue weighted by atomic mass is 10.1. The molecule has 2 rings (SSSR count). The van der Waals surface area contributed by atoms with Gasteiger partial charge in [0.05, 0.1) is 5.69 Å². The SMILES string of the molecule is CCN(Cc1ccccc1)c1c(F)cccc1CCl. The zero-order valence-corrected chi connectivity index (χ0v) is 11.7. The van der Waals surface area contributed by atoms with Gasteiger partial charge in [-0.2, -0.15) is 0 Å². The first-order chi connectivity index (χ1) is 9.26. The molecule has 0 saturated carbocycles. The highest BCUT2D eigenvalue weighted by Gasteiger charge is 2.14. The average molecular weight is 278 g/mol. The first kappa shape index (κ1) is 13.9. The number of anilines is 1. The van der Waals surface area contributed by atoms with Gasteiger partial charge in [0.2, 0.25) is 0 Å². The third-order valence-corrected chi connectivity index (χ3v) is 3.42. The Labute approximate surface area is 118 Å². The van der Waals surface area contributed by atoms with Gasteiger partial charge in [-0.05, 0) is 24.1 Å². The van der Waals surface area contributed by atoms with E-state index in [0.717, 1.165) is 17.7 Å². The Bertz CT molecular complexity index is 528. The number of hydrogen-bond acceptors (Lipinski definition) is 1. The van der Waals surface area contributed by atoms with E-state index in [4.69, 9.17) is 11.6 Å². The zero-order chi connectivity index (χ0) is 13.7. The van der Waals surface area contributed by atoms with Gasteiger partial charge in [-0.1, -0.05) is 42.5 Å². The summed E-state index contributed by atoms with van der Waals surface area (Å²) in [6.07, 6.45) is 0. The van der Waals surface area contributed by atoms with E-state index in [0.29, 0.717) is 18.1 Å². The summed E-state index contributed by atoms with van der Waals surface area (Å²) in [5, 5.41) is 0. The molecule has 1 nitrogen and oxygen atoms in total. The molecular weight excluding hydrogens is 261 g/mol. The van der Waals surface area contributed by atoms with Crippen LogP contribution in [0.1, 0.15) is 18.1 Å². The molecule has 0 aliphatic heterocycles. The third kappa shape index (κ3) is 3.27. The Kier molecular flexibility index (Phi) is 4.80. The minimum atomic E-state index is -0.212. The minimum absolute atomic E-state index is 0.212. The second-order valence-electron chi connectivity index (χ2n) is 4.38. The van der Waals surface area contributed by atoms with E-state index >= 15 is 0 Å². The maximum Gasteiger partial charge on any atom is 0.146 e. The fourth-order valence-corrected chi connectivity index (χ4v) is 2.39. The standard InChI is InChI=1S/C16H17ClFN/c1-2-19(12-13-7-4-3-5-8-13)16-14(11-17)9-6-10-15(16)18/h3-10H,2,11-12H2,1H3. The highest BCUT2D eigenvalue weighted by Crippen LogP contribution is 2.27. The van der Waals surface area contributed by atoms with Crippen LogP contribution in [0.25, 0.3) is 0 Å². The number of rotatable bonds is 5. The van der Waals surface area contributed by atoms with Gasteiger partial charge in [-0.25, -0.2) is 4.39 Å². The van der Waals surface area contributed by atoms with Crippen LogP contribution in [0.3, 0.4) is 0 Å². The molecule has 100 valence electrons. The van der Waals surface area contributed by atoms with Crippen LogP contribution in [0.15, 0.2) is 48.5 Å². The van der Waals surface area contributed by atoms with Crippen LogP contribution in [-0.2, 0) is 12.4 Å². The molecule has 0 radical (unpaired) electrons. The lowest BCUT2D eigenvalue weighted by molar-refractivity contribution is 0.616.